The van der Waals surface area contributed by atoms with Gasteiger partial charge in [-0.3, -0.25) is 0 Å². The van der Waals surface area contributed by atoms with E-state index in [9.17, 15) is 4.79 Å². The van der Waals surface area contributed by atoms with Gasteiger partial charge >= 0.3 is 6.16 Å². The smallest absolute Gasteiger partial charge is 0.431 e. The third-order valence-electron chi connectivity index (χ3n) is 3.13. The normalized spacial score (nSPS) is 17.4. The Kier molecular flexibility index (Phi) is 4.59. The average Bonchev–Trinajstić information content (AvgIpc) is 2.40. The number of nitrogens with zero attached hydrogens (tertiary/aromatic N) is 1. The van der Waals surface area contributed by atoms with E-state index in [1.165, 1.54) is 0 Å². The van der Waals surface area contributed by atoms with Crippen molar-refractivity contribution in [3.05, 3.63) is 35.9 Å². The zero-order chi connectivity index (χ0) is 12.8. The Balaban J connectivity index is 1.69. The van der Waals surface area contributed by atoms with E-state index in [-0.39, 0.29) is 12.7 Å². The Morgan fingerprint density at radius 3 is 2.61 bits per heavy atom. The molecular formula is C14H19NO3. The van der Waals surface area contributed by atoms with Gasteiger partial charge in [0.1, 0.15) is 12.7 Å². The zero-order valence-corrected chi connectivity index (χ0v) is 10.7. The fraction of sp³-hybridized carbons (Fsp3) is 0.500. The lowest BCUT2D eigenvalue weighted by molar-refractivity contribution is -0.000787. The van der Waals surface area contributed by atoms with Crippen molar-refractivity contribution in [3.63, 3.8) is 0 Å². The SMILES string of the molecule is CN1CCC(OC(=O)OCc2ccccc2)CC1. The summed E-state index contributed by atoms with van der Waals surface area (Å²) in [5, 5.41) is 0. The van der Waals surface area contributed by atoms with Gasteiger partial charge in [0.2, 0.25) is 0 Å². The molecule has 1 aromatic rings. The molecule has 1 aliphatic rings. The molecule has 2 rings (SSSR count). The van der Waals surface area contributed by atoms with Crippen molar-refractivity contribution in [2.45, 2.75) is 25.6 Å². The zero-order valence-electron chi connectivity index (χ0n) is 10.7. The summed E-state index contributed by atoms with van der Waals surface area (Å²) in [5.74, 6) is 0. The highest BCUT2D eigenvalue weighted by Gasteiger charge is 2.20. The Morgan fingerprint density at radius 2 is 1.94 bits per heavy atom. The van der Waals surface area contributed by atoms with E-state index in [1.54, 1.807) is 0 Å². The number of carbonyl (C=O) groups is 1. The number of hydrogen-bond acceptors (Lipinski definition) is 4. The summed E-state index contributed by atoms with van der Waals surface area (Å²) in [4.78, 5) is 13.7. The summed E-state index contributed by atoms with van der Waals surface area (Å²) < 4.78 is 10.4. The topological polar surface area (TPSA) is 38.8 Å². The van der Waals surface area contributed by atoms with Crippen molar-refractivity contribution in [2.75, 3.05) is 20.1 Å². The second kappa shape index (κ2) is 6.40. The molecule has 0 saturated carbocycles. The number of hydrogen-bond donors (Lipinski definition) is 0. The maximum absolute atomic E-state index is 11.5. The van der Waals surface area contributed by atoms with E-state index >= 15 is 0 Å². The molecule has 1 saturated heterocycles. The van der Waals surface area contributed by atoms with Crippen LogP contribution in [0.1, 0.15) is 18.4 Å². The van der Waals surface area contributed by atoms with Crippen molar-refractivity contribution in [1.29, 1.82) is 0 Å². The van der Waals surface area contributed by atoms with Crippen LogP contribution in [0.25, 0.3) is 0 Å². The lowest BCUT2D eigenvalue weighted by atomic mass is 10.1. The van der Waals surface area contributed by atoms with Crippen LogP contribution in [0.5, 0.6) is 0 Å². The van der Waals surface area contributed by atoms with E-state index in [4.69, 9.17) is 9.47 Å². The maximum Gasteiger partial charge on any atom is 0.508 e. The summed E-state index contributed by atoms with van der Waals surface area (Å²) in [6, 6.07) is 9.61. The van der Waals surface area contributed by atoms with Crippen molar-refractivity contribution in [1.82, 2.24) is 4.90 Å². The van der Waals surface area contributed by atoms with Crippen LogP contribution in [0.3, 0.4) is 0 Å². The highest BCUT2D eigenvalue weighted by molar-refractivity contribution is 5.60. The minimum atomic E-state index is -0.562. The summed E-state index contributed by atoms with van der Waals surface area (Å²) >= 11 is 0. The molecule has 0 spiro atoms. The Hall–Kier alpha value is -1.55. The summed E-state index contributed by atoms with van der Waals surface area (Å²) in [6.07, 6.45) is 1.21. The predicted molar refractivity (Wildman–Crippen MR) is 68.2 cm³/mol. The van der Waals surface area contributed by atoms with Crippen LogP contribution < -0.4 is 0 Å². The van der Waals surface area contributed by atoms with Crippen LogP contribution in [-0.4, -0.2) is 37.3 Å². The van der Waals surface area contributed by atoms with E-state index < -0.39 is 6.16 Å². The third kappa shape index (κ3) is 4.04. The van der Waals surface area contributed by atoms with Gasteiger partial charge < -0.3 is 14.4 Å². The minimum absolute atomic E-state index is 0.00414. The molecule has 18 heavy (non-hydrogen) atoms. The number of piperidine rings is 1. The lowest BCUT2D eigenvalue weighted by Gasteiger charge is -2.28. The molecule has 1 heterocycles. The molecule has 1 fully saturated rings. The predicted octanol–water partition coefficient (Wildman–Crippen LogP) is 2.43. The quantitative estimate of drug-likeness (QED) is 0.771. The molecule has 0 radical (unpaired) electrons. The monoisotopic (exact) mass is 249 g/mol. The molecule has 0 aliphatic carbocycles. The van der Waals surface area contributed by atoms with Crippen molar-refractivity contribution < 1.29 is 14.3 Å². The summed E-state index contributed by atoms with van der Waals surface area (Å²) in [7, 11) is 2.07. The molecule has 0 atom stereocenters. The first-order valence-corrected chi connectivity index (χ1v) is 6.30. The van der Waals surface area contributed by atoms with E-state index in [0.29, 0.717) is 0 Å². The van der Waals surface area contributed by atoms with Gasteiger partial charge in [-0.2, -0.15) is 0 Å². The number of benzene rings is 1. The Morgan fingerprint density at radius 1 is 1.28 bits per heavy atom. The molecule has 4 heteroatoms. The average molecular weight is 249 g/mol. The molecule has 0 N–H and O–H groups in total. The Labute approximate surface area is 107 Å². The Bertz CT molecular complexity index is 372. The van der Waals surface area contributed by atoms with Gasteiger partial charge in [-0.25, -0.2) is 4.79 Å². The molecule has 1 aliphatic heterocycles. The second-order valence-electron chi connectivity index (χ2n) is 4.64. The molecule has 1 aromatic carbocycles. The number of ether oxygens (including phenoxy) is 2. The van der Waals surface area contributed by atoms with Crippen LogP contribution >= 0.6 is 0 Å². The molecule has 0 amide bonds. The van der Waals surface area contributed by atoms with Gasteiger partial charge in [-0.1, -0.05) is 30.3 Å². The molecule has 0 unspecified atom stereocenters. The second-order valence-corrected chi connectivity index (χ2v) is 4.64. The molecule has 4 nitrogen and oxygen atoms in total. The van der Waals surface area contributed by atoms with Crippen LogP contribution in [0, 0.1) is 0 Å². The van der Waals surface area contributed by atoms with Crippen LogP contribution in [0.4, 0.5) is 4.79 Å². The fourth-order valence-electron chi connectivity index (χ4n) is 1.99. The van der Waals surface area contributed by atoms with E-state index in [0.717, 1.165) is 31.5 Å². The highest BCUT2D eigenvalue weighted by Crippen LogP contribution is 2.13. The first-order chi connectivity index (χ1) is 8.74. The van der Waals surface area contributed by atoms with Gasteiger partial charge in [-0.15, -0.1) is 0 Å². The summed E-state index contributed by atoms with van der Waals surface area (Å²) in [5.41, 5.74) is 0.970. The molecule has 0 aromatic heterocycles. The van der Waals surface area contributed by atoms with Gasteiger partial charge in [0.05, 0.1) is 0 Å². The van der Waals surface area contributed by atoms with Crippen LogP contribution in [0.2, 0.25) is 0 Å². The van der Waals surface area contributed by atoms with Gasteiger partial charge in [0, 0.05) is 13.1 Å². The van der Waals surface area contributed by atoms with Crippen LogP contribution in [-0.2, 0) is 16.1 Å². The standard InChI is InChI=1S/C14H19NO3/c1-15-9-7-13(8-10-15)18-14(16)17-11-12-5-3-2-4-6-12/h2-6,13H,7-11H2,1H3. The largest absolute Gasteiger partial charge is 0.508 e. The number of likely N-dealkylation sites (tertiary alicyclic amines) is 1. The van der Waals surface area contributed by atoms with E-state index in [2.05, 4.69) is 11.9 Å². The van der Waals surface area contributed by atoms with E-state index in [1.807, 2.05) is 30.3 Å². The highest BCUT2D eigenvalue weighted by atomic mass is 16.7. The molecular weight excluding hydrogens is 230 g/mol. The first-order valence-electron chi connectivity index (χ1n) is 6.30. The maximum atomic E-state index is 11.5. The summed E-state index contributed by atoms with van der Waals surface area (Å²) in [6.45, 7) is 2.21. The van der Waals surface area contributed by atoms with Gasteiger partial charge in [0.15, 0.2) is 0 Å². The number of rotatable bonds is 3. The third-order valence-corrected chi connectivity index (χ3v) is 3.13. The molecule has 98 valence electrons. The fourth-order valence-corrected chi connectivity index (χ4v) is 1.99. The van der Waals surface area contributed by atoms with Crippen molar-refractivity contribution in [3.8, 4) is 0 Å². The number of carbonyl (C=O) groups excluding carboxylic acids is 1. The van der Waals surface area contributed by atoms with Gasteiger partial charge in [0.25, 0.3) is 0 Å². The van der Waals surface area contributed by atoms with Crippen LogP contribution in [0.15, 0.2) is 30.3 Å². The lowest BCUT2D eigenvalue weighted by Crippen LogP contribution is -2.35. The van der Waals surface area contributed by atoms with Gasteiger partial charge in [-0.05, 0) is 25.5 Å². The molecule has 0 bridgehead atoms. The van der Waals surface area contributed by atoms with Crippen molar-refractivity contribution in [2.24, 2.45) is 0 Å². The first kappa shape index (κ1) is 12.9. The van der Waals surface area contributed by atoms with Crippen molar-refractivity contribution >= 4 is 6.16 Å². The minimum Gasteiger partial charge on any atom is -0.431 e.